The zero-order valence-electron chi connectivity index (χ0n) is 13.3. The fourth-order valence-electron chi connectivity index (χ4n) is 2.47. The summed E-state index contributed by atoms with van der Waals surface area (Å²) >= 11 is 0.685. The van der Waals surface area contributed by atoms with Gasteiger partial charge >= 0.3 is 18.0 Å². The summed E-state index contributed by atoms with van der Waals surface area (Å²) in [6.07, 6.45) is -4.40. The van der Waals surface area contributed by atoms with Crippen LogP contribution in [0, 0.1) is 6.92 Å². The molecule has 2 heterocycles. The Hall–Kier alpha value is -2.14. The third kappa shape index (κ3) is 3.76. The van der Waals surface area contributed by atoms with E-state index in [2.05, 4.69) is 4.74 Å². The Bertz CT molecular complexity index is 926. The molecule has 0 aliphatic carbocycles. The summed E-state index contributed by atoms with van der Waals surface area (Å²) in [5.41, 5.74) is -1.24. The highest BCUT2D eigenvalue weighted by Gasteiger charge is 2.29. The first-order valence-corrected chi connectivity index (χ1v) is 8.10. The molecule has 2 aromatic heterocycles. The quantitative estimate of drug-likeness (QED) is 0.830. The lowest BCUT2D eigenvalue weighted by molar-refractivity contribution is -0.325. The number of carboxylic acids is 1. The number of hydrogen-bond acceptors (Lipinski definition) is 5. The molecule has 138 valence electrons. The van der Waals surface area contributed by atoms with E-state index in [0.29, 0.717) is 17.8 Å². The van der Waals surface area contributed by atoms with Crippen molar-refractivity contribution < 1.29 is 27.8 Å². The van der Waals surface area contributed by atoms with Crippen molar-refractivity contribution in [2.24, 2.45) is 0 Å². The largest absolute Gasteiger partial charge is 0.522 e. The maximum Gasteiger partial charge on any atom is 0.522 e. The molecular formula is C14H15F3N2O5S. The highest BCUT2D eigenvalue weighted by molar-refractivity contribution is 7.20. The van der Waals surface area contributed by atoms with Gasteiger partial charge in [0.25, 0.3) is 5.56 Å². The summed E-state index contributed by atoms with van der Waals surface area (Å²) in [5.74, 6) is -1.27. The summed E-state index contributed by atoms with van der Waals surface area (Å²) < 4.78 is 42.1. The van der Waals surface area contributed by atoms with Crippen molar-refractivity contribution in [2.45, 2.75) is 39.7 Å². The van der Waals surface area contributed by atoms with Gasteiger partial charge in [-0.15, -0.1) is 24.5 Å². The van der Waals surface area contributed by atoms with Gasteiger partial charge in [-0.1, -0.05) is 6.92 Å². The lowest BCUT2D eigenvalue weighted by Gasteiger charge is -2.12. The Morgan fingerprint density at radius 3 is 2.40 bits per heavy atom. The summed E-state index contributed by atoms with van der Waals surface area (Å²) in [5, 5.41) is 9.24. The van der Waals surface area contributed by atoms with Crippen molar-refractivity contribution in [1.82, 2.24) is 9.13 Å². The Morgan fingerprint density at radius 1 is 1.24 bits per heavy atom. The van der Waals surface area contributed by atoms with E-state index in [1.165, 1.54) is 6.92 Å². The molecule has 0 radical (unpaired) electrons. The number of hydrogen-bond donors (Lipinski definition) is 1. The normalized spacial score (nSPS) is 12.0. The number of ether oxygens (including phenoxy) is 1. The Morgan fingerprint density at radius 2 is 1.88 bits per heavy atom. The maximum absolute atomic E-state index is 12.5. The molecule has 0 aromatic carbocycles. The van der Waals surface area contributed by atoms with Crippen LogP contribution in [0.4, 0.5) is 13.2 Å². The summed E-state index contributed by atoms with van der Waals surface area (Å²) in [6.45, 7) is 1.95. The van der Waals surface area contributed by atoms with Crippen molar-refractivity contribution in [3.8, 4) is 0 Å². The van der Waals surface area contributed by atoms with Crippen LogP contribution in [0.15, 0.2) is 9.59 Å². The van der Waals surface area contributed by atoms with Crippen LogP contribution in [0.1, 0.15) is 28.6 Å². The van der Waals surface area contributed by atoms with E-state index in [-0.39, 0.29) is 27.2 Å². The number of alkyl halides is 3. The van der Waals surface area contributed by atoms with Crippen LogP contribution in [0.3, 0.4) is 0 Å². The third-order valence-corrected chi connectivity index (χ3v) is 4.82. The predicted octanol–water partition coefficient (Wildman–Crippen LogP) is 2.18. The number of carboxylic acid groups (broad SMARTS) is 1. The molecule has 7 nitrogen and oxygen atoms in total. The molecule has 0 saturated carbocycles. The van der Waals surface area contributed by atoms with Crippen molar-refractivity contribution in [3.63, 3.8) is 0 Å². The highest BCUT2D eigenvalue weighted by atomic mass is 32.1. The van der Waals surface area contributed by atoms with Crippen molar-refractivity contribution >= 4 is 27.5 Å². The first kappa shape index (κ1) is 19.2. The van der Waals surface area contributed by atoms with Crippen molar-refractivity contribution in [3.05, 3.63) is 31.3 Å². The van der Waals surface area contributed by atoms with E-state index in [9.17, 15) is 32.7 Å². The van der Waals surface area contributed by atoms with Crippen molar-refractivity contribution in [1.29, 1.82) is 0 Å². The van der Waals surface area contributed by atoms with Crippen LogP contribution >= 0.6 is 11.3 Å². The van der Waals surface area contributed by atoms with Crippen LogP contribution in [0.2, 0.25) is 0 Å². The first-order valence-electron chi connectivity index (χ1n) is 7.29. The first-order chi connectivity index (χ1) is 11.6. The van der Waals surface area contributed by atoms with Gasteiger partial charge in [0, 0.05) is 6.54 Å². The van der Waals surface area contributed by atoms with E-state index in [1.54, 1.807) is 6.92 Å². The minimum atomic E-state index is -4.85. The molecule has 11 heteroatoms. The molecule has 1 N–H and O–H groups in total. The van der Waals surface area contributed by atoms with E-state index in [0.717, 1.165) is 9.13 Å². The Kier molecular flexibility index (Phi) is 5.37. The molecule has 0 aliphatic heterocycles. The zero-order chi connectivity index (χ0) is 18.9. The fraction of sp³-hybridized carbons (Fsp3) is 0.500. The number of carbonyl (C=O) groups is 1. The molecule has 0 fully saturated rings. The van der Waals surface area contributed by atoms with Crippen LogP contribution in [-0.4, -0.2) is 33.2 Å². The van der Waals surface area contributed by atoms with Crippen LogP contribution in [-0.2, 0) is 17.8 Å². The van der Waals surface area contributed by atoms with Crippen LogP contribution in [0.25, 0.3) is 10.2 Å². The summed E-state index contributed by atoms with van der Waals surface area (Å²) in [6, 6.07) is 0. The zero-order valence-corrected chi connectivity index (χ0v) is 14.2. The molecule has 0 saturated heterocycles. The lowest BCUT2D eigenvalue weighted by atomic mass is 10.2. The standard InChI is InChI=1S/C14H15F3N2O5S/c1-3-4-18-10(20)8-7(2)9(12(21)22)25-11(8)19(13(18)23)5-6-24-14(15,16)17/h3-6H2,1-2H3,(H,21,22). The van der Waals surface area contributed by atoms with Gasteiger partial charge in [0.15, 0.2) is 0 Å². The monoisotopic (exact) mass is 380 g/mol. The molecule has 0 bridgehead atoms. The van der Waals surface area contributed by atoms with Gasteiger partial charge < -0.3 is 5.11 Å². The third-order valence-electron chi connectivity index (χ3n) is 3.52. The average Bonchev–Trinajstić information content (AvgIpc) is 2.84. The molecule has 0 atom stereocenters. The van der Waals surface area contributed by atoms with Crippen LogP contribution in [0.5, 0.6) is 0 Å². The van der Waals surface area contributed by atoms with Gasteiger partial charge in [-0.25, -0.2) is 9.59 Å². The second kappa shape index (κ2) is 7.00. The Balaban J connectivity index is 2.69. The molecule has 0 aliphatic rings. The van der Waals surface area contributed by atoms with Crippen LogP contribution < -0.4 is 11.2 Å². The van der Waals surface area contributed by atoms with Crippen molar-refractivity contribution in [2.75, 3.05) is 6.61 Å². The SMILES string of the molecule is CCCn1c(=O)c2c(C)c(C(=O)O)sc2n(CCOC(F)(F)F)c1=O. The summed E-state index contributed by atoms with van der Waals surface area (Å²) in [7, 11) is 0. The number of nitrogens with zero attached hydrogens (tertiary/aromatic N) is 2. The molecule has 0 spiro atoms. The van der Waals surface area contributed by atoms with Gasteiger partial charge in [-0.05, 0) is 18.9 Å². The highest BCUT2D eigenvalue weighted by Crippen LogP contribution is 2.28. The average molecular weight is 380 g/mol. The number of rotatable bonds is 6. The van der Waals surface area contributed by atoms with Gasteiger partial charge in [0.1, 0.15) is 9.71 Å². The molecule has 2 aromatic rings. The smallest absolute Gasteiger partial charge is 0.477 e. The minimum absolute atomic E-state index is 0.0301. The number of aromatic nitrogens is 2. The predicted molar refractivity (Wildman–Crippen MR) is 84.3 cm³/mol. The second-order valence-corrected chi connectivity index (χ2v) is 6.23. The molecule has 2 rings (SSSR count). The minimum Gasteiger partial charge on any atom is -0.477 e. The number of thiophene rings is 1. The molecule has 25 heavy (non-hydrogen) atoms. The number of fused-ring (bicyclic) bond motifs is 1. The molecular weight excluding hydrogens is 365 g/mol. The molecule has 0 amide bonds. The number of aryl methyl sites for hydroxylation is 1. The van der Waals surface area contributed by atoms with Gasteiger partial charge in [-0.3, -0.25) is 18.7 Å². The number of halogens is 3. The maximum atomic E-state index is 12.5. The van der Waals surface area contributed by atoms with Gasteiger partial charge in [0.2, 0.25) is 0 Å². The lowest BCUT2D eigenvalue weighted by Crippen LogP contribution is -2.40. The fourth-order valence-corrected chi connectivity index (χ4v) is 3.63. The van der Waals surface area contributed by atoms with E-state index in [4.69, 9.17) is 0 Å². The number of aromatic carboxylic acids is 1. The molecule has 0 unspecified atom stereocenters. The Labute approximate surface area is 142 Å². The second-order valence-electron chi connectivity index (χ2n) is 5.23. The van der Waals surface area contributed by atoms with E-state index >= 15 is 0 Å². The van der Waals surface area contributed by atoms with Gasteiger partial charge in [-0.2, -0.15) is 0 Å². The van der Waals surface area contributed by atoms with E-state index < -0.39 is 36.7 Å². The van der Waals surface area contributed by atoms with E-state index in [1.807, 2.05) is 0 Å². The summed E-state index contributed by atoms with van der Waals surface area (Å²) in [4.78, 5) is 36.2. The van der Waals surface area contributed by atoms with Gasteiger partial charge in [0.05, 0.1) is 18.5 Å². The topological polar surface area (TPSA) is 90.5 Å².